The predicted molar refractivity (Wildman–Crippen MR) is 85.4 cm³/mol. The molecule has 0 radical (unpaired) electrons. The van der Waals surface area contributed by atoms with Gasteiger partial charge in [0.05, 0.1) is 6.54 Å². The second-order valence-corrected chi connectivity index (χ2v) is 7.19. The monoisotopic (exact) mass is 277 g/mol. The minimum atomic E-state index is 0.342. The first kappa shape index (κ1) is 11.8. The smallest absolute Gasteiger partial charge is 0.161 e. The summed E-state index contributed by atoms with van der Waals surface area (Å²) in [6.45, 7) is 3.12. The van der Waals surface area contributed by atoms with E-state index in [4.69, 9.17) is 9.98 Å². The van der Waals surface area contributed by atoms with Crippen LogP contribution in [0.2, 0.25) is 0 Å². The molecule has 4 aliphatic rings. The molecule has 0 N–H and O–H groups in total. The van der Waals surface area contributed by atoms with Crippen LogP contribution in [0.3, 0.4) is 0 Å². The molecule has 1 heterocycles. The molecule has 3 nitrogen and oxygen atoms in total. The molecule has 106 valence electrons. The van der Waals surface area contributed by atoms with Gasteiger partial charge in [0, 0.05) is 22.1 Å². The van der Waals surface area contributed by atoms with Crippen LogP contribution in [-0.4, -0.2) is 23.9 Å². The van der Waals surface area contributed by atoms with Gasteiger partial charge in [0.2, 0.25) is 0 Å². The first-order valence-corrected chi connectivity index (χ1v) is 7.99. The van der Waals surface area contributed by atoms with Crippen LogP contribution in [0, 0.1) is 17.8 Å². The second-order valence-electron chi connectivity index (χ2n) is 7.19. The van der Waals surface area contributed by atoms with Crippen LogP contribution in [-0.2, 0) is 0 Å². The van der Waals surface area contributed by atoms with Crippen molar-refractivity contribution in [2.24, 2.45) is 25.8 Å². The Morgan fingerprint density at radius 1 is 1.10 bits per heavy atom. The molecule has 5 rings (SSSR count). The number of hydrogen-bond donors (Lipinski definition) is 0. The van der Waals surface area contributed by atoms with Gasteiger partial charge in [0.15, 0.2) is 5.84 Å². The molecule has 3 heteroatoms. The molecule has 1 aliphatic heterocycles. The van der Waals surface area contributed by atoms with Gasteiger partial charge in [-0.25, -0.2) is 9.98 Å². The Hall–Kier alpha value is -1.77. The number of aliphatic imine (C=N–C) groups is 3. The maximum Gasteiger partial charge on any atom is 0.161 e. The van der Waals surface area contributed by atoms with Crippen molar-refractivity contribution in [2.75, 3.05) is 6.54 Å². The summed E-state index contributed by atoms with van der Waals surface area (Å²) in [5, 5.41) is 0. The average Bonchev–Trinajstić information content (AvgIpc) is 3.35. The Kier molecular flexibility index (Phi) is 2.09. The zero-order valence-electron chi connectivity index (χ0n) is 12.4. The highest BCUT2D eigenvalue weighted by Crippen LogP contribution is 2.63. The zero-order chi connectivity index (χ0) is 14.1. The van der Waals surface area contributed by atoms with Gasteiger partial charge in [0.1, 0.15) is 5.84 Å². The van der Waals surface area contributed by atoms with Gasteiger partial charge in [0.25, 0.3) is 0 Å². The summed E-state index contributed by atoms with van der Waals surface area (Å²) in [6.07, 6.45) is 6.37. The third-order valence-corrected chi connectivity index (χ3v) is 5.54. The summed E-state index contributed by atoms with van der Waals surface area (Å²) in [4.78, 5) is 14.3. The topological polar surface area (TPSA) is 37.1 Å². The Bertz CT molecular complexity index is 731. The number of hydrogen-bond acceptors (Lipinski definition) is 2. The first-order valence-electron chi connectivity index (χ1n) is 7.99. The van der Waals surface area contributed by atoms with E-state index in [1.807, 2.05) is 0 Å². The van der Waals surface area contributed by atoms with Crippen molar-refractivity contribution in [1.82, 2.24) is 0 Å². The average molecular weight is 277 g/mol. The van der Waals surface area contributed by atoms with Gasteiger partial charge in [-0.3, -0.25) is 4.99 Å². The van der Waals surface area contributed by atoms with Crippen molar-refractivity contribution in [3.63, 3.8) is 0 Å². The van der Waals surface area contributed by atoms with E-state index in [2.05, 4.69) is 36.2 Å². The molecule has 3 aliphatic carbocycles. The molecule has 0 saturated heterocycles. The van der Waals surface area contributed by atoms with Gasteiger partial charge in [-0.05, 0) is 44.6 Å². The molecular formula is C18H19N3. The van der Waals surface area contributed by atoms with E-state index in [0.717, 1.165) is 23.8 Å². The van der Waals surface area contributed by atoms with E-state index in [0.29, 0.717) is 10.8 Å². The van der Waals surface area contributed by atoms with E-state index in [-0.39, 0.29) is 0 Å². The van der Waals surface area contributed by atoms with Gasteiger partial charge in [-0.15, -0.1) is 0 Å². The standard InChI is InChI=1S/C18H19N3/c1-12-4-2-3-5-13(12)15(20-14-10-17(14)6-7-17)21-16-18(8-9-18)11-19-16/h2-5H,6-11H2,1H3. The van der Waals surface area contributed by atoms with Crippen molar-refractivity contribution >= 4 is 17.4 Å². The lowest BCUT2D eigenvalue weighted by atomic mass is 10.0. The van der Waals surface area contributed by atoms with Crippen LogP contribution < -0.4 is 0 Å². The Labute approximate surface area is 124 Å². The van der Waals surface area contributed by atoms with Crippen molar-refractivity contribution in [1.29, 1.82) is 0 Å². The summed E-state index contributed by atoms with van der Waals surface area (Å²) in [6, 6.07) is 8.43. The Morgan fingerprint density at radius 3 is 2.43 bits per heavy atom. The summed E-state index contributed by atoms with van der Waals surface area (Å²) in [7, 11) is 0. The van der Waals surface area contributed by atoms with Crippen LogP contribution in [0.4, 0.5) is 0 Å². The van der Waals surface area contributed by atoms with Crippen molar-refractivity contribution < 1.29 is 0 Å². The fourth-order valence-corrected chi connectivity index (χ4v) is 3.31. The largest absolute Gasteiger partial charge is 0.269 e. The third-order valence-electron chi connectivity index (χ3n) is 5.54. The maximum atomic E-state index is 4.94. The zero-order valence-corrected chi connectivity index (χ0v) is 12.4. The quantitative estimate of drug-likeness (QED) is 0.556. The Balaban J connectivity index is 1.56. The normalized spacial score (nSPS) is 28.5. The minimum absolute atomic E-state index is 0.342. The molecule has 0 atom stereocenters. The number of benzene rings is 1. The van der Waals surface area contributed by atoms with Crippen molar-refractivity contribution in [3.05, 3.63) is 35.4 Å². The summed E-state index contributed by atoms with van der Waals surface area (Å²) in [5.74, 6) is 1.95. The minimum Gasteiger partial charge on any atom is -0.269 e. The van der Waals surface area contributed by atoms with E-state index < -0.39 is 0 Å². The van der Waals surface area contributed by atoms with E-state index in [9.17, 15) is 0 Å². The van der Waals surface area contributed by atoms with Gasteiger partial charge in [-0.2, -0.15) is 0 Å². The van der Waals surface area contributed by atoms with Crippen LogP contribution >= 0.6 is 0 Å². The lowest BCUT2D eigenvalue weighted by Crippen LogP contribution is -2.28. The van der Waals surface area contributed by atoms with Crippen LogP contribution in [0.25, 0.3) is 0 Å². The van der Waals surface area contributed by atoms with Gasteiger partial charge < -0.3 is 0 Å². The van der Waals surface area contributed by atoms with Gasteiger partial charge >= 0.3 is 0 Å². The van der Waals surface area contributed by atoms with Crippen molar-refractivity contribution in [2.45, 2.75) is 39.0 Å². The van der Waals surface area contributed by atoms with E-state index in [1.54, 1.807) is 0 Å². The molecular weight excluding hydrogens is 258 g/mol. The van der Waals surface area contributed by atoms with E-state index in [1.165, 1.54) is 43.4 Å². The molecule has 3 fully saturated rings. The number of amidine groups is 2. The SMILES string of the molecule is Cc1ccccc1C(=NC1=NCC12CC2)N=C1CC12CC2. The molecule has 0 bridgehead atoms. The summed E-state index contributed by atoms with van der Waals surface area (Å²) < 4.78 is 0. The second kappa shape index (κ2) is 3.70. The van der Waals surface area contributed by atoms with Crippen LogP contribution in [0.1, 0.15) is 43.2 Å². The molecule has 21 heavy (non-hydrogen) atoms. The molecule has 0 aromatic heterocycles. The predicted octanol–water partition coefficient (Wildman–Crippen LogP) is 3.56. The lowest BCUT2D eigenvalue weighted by molar-refractivity contribution is 0.634. The molecule has 0 unspecified atom stereocenters. The Morgan fingerprint density at radius 2 is 1.86 bits per heavy atom. The highest BCUT2D eigenvalue weighted by molar-refractivity contribution is 6.19. The van der Waals surface area contributed by atoms with E-state index >= 15 is 0 Å². The molecule has 2 spiro atoms. The molecule has 0 amide bonds. The number of rotatable bonds is 1. The van der Waals surface area contributed by atoms with Crippen molar-refractivity contribution in [3.8, 4) is 0 Å². The first-order chi connectivity index (χ1) is 10.2. The molecule has 1 aromatic rings. The maximum absolute atomic E-state index is 4.94. The highest BCUT2D eigenvalue weighted by Gasteiger charge is 2.60. The summed E-state index contributed by atoms with van der Waals surface area (Å²) in [5.41, 5.74) is 4.63. The molecule has 3 saturated carbocycles. The van der Waals surface area contributed by atoms with Gasteiger partial charge in [-0.1, -0.05) is 24.3 Å². The highest BCUT2D eigenvalue weighted by atomic mass is 15.1. The fraction of sp³-hybridized carbons (Fsp3) is 0.500. The van der Waals surface area contributed by atoms with Crippen LogP contribution in [0.15, 0.2) is 39.2 Å². The number of nitrogens with zero attached hydrogens (tertiary/aromatic N) is 3. The molecule has 1 aromatic carbocycles. The fourth-order valence-electron chi connectivity index (χ4n) is 3.31. The third kappa shape index (κ3) is 1.76. The van der Waals surface area contributed by atoms with Crippen LogP contribution in [0.5, 0.6) is 0 Å². The number of aryl methyl sites for hydroxylation is 1. The lowest BCUT2D eigenvalue weighted by Gasteiger charge is -2.22. The summed E-state index contributed by atoms with van der Waals surface area (Å²) >= 11 is 0.